The number of carbonyl (C=O) groups excluding carboxylic acids is 8. The Balaban J connectivity index is 1.38. The number of nitrogens with zero attached hydrogens (tertiary/aromatic N) is 6. The molecule has 0 aromatic heterocycles. The maximum absolute atomic E-state index is 13.2. The number of benzene rings is 1. The van der Waals surface area contributed by atoms with Gasteiger partial charge in [-0.05, 0) is 88.8 Å². The van der Waals surface area contributed by atoms with Crippen LogP contribution >= 0.6 is 0 Å². The van der Waals surface area contributed by atoms with Gasteiger partial charge in [0.1, 0.15) is 24.2 Å². The minimum absolute atomic E-state index is 0.0243. The number of aliphatic carboxylic acids is 5. The number of amides is 8. The molecule has 2 aliphatic heterocycles. The summed E-state index contributed by atoms with van der Waals surface area (Å²) in [4.78, 5) is 174. The summed E-state index contributed by atoms with van der Waals surface area (Å²) in [5, 5.41) is 85.7. The smallest absolute Gasteiger partial charge is 0.475 e. The van der Waals surface area contributed by atoms with Crippen LogP contribution in [0, 0.1) is 0 Å². The molecule has 0 unspecified atom stereocenters. The maximum atomic E-state index is 13.2. The summed E-state index contributed by atoms with van der Waals surface area (Å²) in [6, 6.07) is 1.81. The number of aliphatic imine (C=N–C) groups is 1. The quantitative estimate of drug-likeness (QED) is 0.0126. The molecule has 35 nitrogen and oxygen atoms in total. The second-order valence-corrected chi connectivity index (χ2v) is 22.7. The highest BCUT2D eigenvalue weighted by molar-refractivity contribution is 6.43. The Labute approximate surface area is 538 Å². The molecule has 0 spiro atoms. The fourth-order valence-electron chi connectivity index (χ4n) is 10.2. The van der Waals surface area contributed by atoms with Gasteiger partial charge in [0.15, 0.2) is 5.96 Å². The standard InChI is InChI=1S/C57H92BN15O20/c1-37(54(87)73-23-7-10-43(73)58(92)93)66-52(85)39-14-12-38(13-15-39)32-64-44(74)11-3-5-21-62-53(86)40(9-6-22-63-57(59)60)67-47(77)19-18-46(76)65-33-48(78)68-41(55(88)89)8-2-4-20-61-45(75)17-16-42(56(90)91)72-30-28-70(35-50(81)82)26-24-69(34-49(79)80)25-27-71(29-31-72)36-51(83)84/h12-15,37,40-43,92-93H,2-11,16-36H2,1H3,(H,61,75)(H,62,86)(H,64,74)(H,65,76)(H,66,85)(H,67,77)(H,68,78)(H,79,80)(H,81,82)(H,83,84)(H,88,89)(H,90,91)(H4,59,60,63)/t37-,40+,41+,42-,43+/m1/s1. The summed E-state index contributed by atoms with van der Waals surface area (Å²) in [6.07, 6.45) is 1.51. The van der Waals surface area contributed by atoms with E-state index in [0.717, 1.165) is 0 Å². The third kappa shape index (κ3) is 32.5. The van der Waals surface area contributed by atoms with E-state index in [1.807, 2.05) is 0 Å². The summed E-state index contributed by atoms with van der Waals surface area (Å²) < 4.78 is 0. The van der Waals surface area contributed by atoms with E-state index in [9.17, 15) is 97.9 Å². The molecule has 1 aromatic rings. The van der Waals surface area contributed by atoms with Gasteiger partial charge in [0.25, 0.3) is 5.91 Å². The van der Waals surface area contributed by atoms with Gasteiger partial charge in [0.05, 0.1) is 32.1 Å². The number of carboxylic acid groups (broad SMARTS) is 5. The van der Waals surface area contributed by atoms with Crippen molar-refractivity contribution in [2.45, 2.75) is 133 Å². The van der Waals surface area contributed by atoms with Crippen LogP contribution in [0.4, 0.5) is 0 Å². The summed E-state index contributed by atoms with van der Waals surface area (Å²) in [6.45, 7) is 1.29. The molecule has 18 N–H and O–H groups in total. The van der Waals surface area contributed by atoms with E-state index >= 15 is 0 Å². The molecule has 2 aliphatic rings. The average molecular weight is 1320 g/mol. The van der Waals surface area contributed by atoms with Crippen LogP contribution in [-0.4, -0.2) is 285 Å². The van der Waals surface area contributed by atoms with Gasteiger partial charge in [0.2, 0.25) is 41.4 Å². The van der Waals surface area contributed by atoms with Crippen molar-refractivity contribution in [3.63, 3.8) is 0 Å². The fourth-order valence-corrected chi connectivity index (χ4v) is 10.2. The molecule has 0 radical (unpaired) electrons. The lowest BCUT2D eigenvalue weighted by Crippen LogP contribution is -2.52. The van der Waals surface area contributed by atoms with Crippen molar-refractivity contribution >= 4 is 90.2 Å². The average Bonchev–Trinajstić information content (AvgIpc) is 1.85. The number of rotatable bonds is 40. The number of likely N-dealkylation sites (tertiary alicyclic amines) is 1. The second kappa shape index (κ2) is 42.5. The normalized spacial score (nSPS) is 16.5. The number of carboxylic acids is 5. The van der Waals surface area contributed by atoms with Crippen LogP contribution < -0.4 is 48.7 Å². The SMILES string of the molecule is C[C@@H](NC(=O)c1ccc(CNC(=O)CCCCNC(=O)[C@H](CCCN=C(N)N)NC(=O)CCC(=O)NCC(=O)N[C@@H](CCCCNC(=O)CC[C@H](C(=O)O)N2CCN(CC(=O)O)CCN(CC(=O)O)CCN(CC(=O)O)CC2)C(=O)O)cc1)C(=O)N1CCC[C@H]1B(O)O. The third-order valence-corrected chi connectivity index (χ3v) is 15.3. The topological polar surface area (TPSA) is 528 Å². The molecular formula is C57H92BN15O20. The van der Waals surface area contributed by atoms with Crippen LogP contribution in [0.2, 0.25) is 0 Å². The first-order valence-corrected chi connectivity index (χ1v) is 30.9. The molecule has 0 saturated carbocycles. The zero-order chi connectivity index (χ0) is 69.0. The van der Waals surface area contributed by atoms with Gasteiger partial charge >= 0.3 is 37.0 Å². The first-order valence-electron chi connectivity index (χ1n) is 30.9. The fraction of sp³-hybridized carbons (Fsp3) is 0.649. The molecule has 36 heteroatoms. The van der Waals surface area contributed by atoms with E-state index in [1.54, 1.807) is 29.2 Å². The molecule has 1 aromatic carbocycles. The molecule has 0 bridgehead atoms. The predicted molar refractivity (Wildman–Crippen MR) is 332 cm³/mol. The molecular weight excluding hydrogens is 1230 g/mol. The van der Waals surface area contributed by atoms with Crippen molar-refractivity contribution in [3.05, 3.63) is 35.4 Å². The highest BCUT2D eigenvalue weighted by Crippen LogP contribution is 2.20. The first kappa shape index (κ1) is 78.7. The van der Waals surface area contributed by atoms with Crippen LogP contribution in [0.25, 0.3) is 0 Å². The first-order chi connectivity index (χ1) is 44.1. The van der Waals surface area contributed by atoms with Crippen LogP contribution in [0.15, 0.2) is 29.3 Å². The van der Waals surface area contributed by atoms with E-state index in [0.29, 0.717) is 37.8 Å². The van der Waals surface area contributed by atoms with Gasteiger partial charge in [-0.2, -0.15) is 0 Å². The van der Waals surface area contributed by atoms with Crippen molar-refractivity contribution in [3.8, 4) is 0 Å². The van der Waals surface area contributed by atoms with Gasteiger partial charge in [-0.3, -0.25) is 82.1 Å². The predicted octanol–water partition coefficient (Wildman–Crippen LogP) is -5.29. The Kier molecular flexibility index (Phi) is 36.0. The van der Waals surface area contributed by atoms with Crippen molar-refractivity contribution < 1.29 is 97.9 Å². The summed E-state index contributed by atoms with van der Waals surface area (Å²) >= 11 is 0. The van der Waals surface area contributed by atoms with Gasteiger partial charge < -0.3 is 89.2 Å². The van der Waals surface area contributed by atoms with E-state index in [4.69, 9.17) is 11.5 Å². The van der Waals surface area contributed by atoms with Gasteiger partial charge in [-0.15, -0.1) is 0 Å². The molecule has 2 fully saturated rings. The highest BCUT2D eigenvalue weighted by atomic mass is 16.4. The summed E-state index contributed by atoms with van der Waals surface area (Å²) in [5.74, 6) is -11.5. The minimum Gasteiger partial charge on any atom is -0.480 e. The number of nitrogens with one attached hydrogen (secondary N) is 7. The maximum Gasteiger partial charge on any atom is 0.475 e. The Bertz CT molecular complexity index is 2680. The molecule has 3 rings (SSSR count). The minimum atomic E-state index is -1.68. The number of unbranched alkanes of at least 4 members (excludes halogenated alkanes) is 2. The lowest BCUT2D eigenvalue weighted by Gasteiger charge is -2.35. The van der Waals surface area contributed by atoms with Crippen molar-refractivity contribution in [1.29, 1.82) is 0 Å². The Morgan fingerprint density at radius 3 is 1.65 bits per heavy atom. The van der Waals surface area contributed by atoms with Gasteiger partial charge in [-0.1, -0.05) is 12.1 Å². The third-order valence-electron chi connectivity index (χ3n) is 15.3. The zero-order valence-electron chi connectivity index (χ0n) is 52.5. The molecule has 2 saturated heterocycles. The number of guanidine groups is 1. The molecule has 2 heterocycles. The van der Waals surface area contributed by atoms with E-state index in [2.05, 4.69) is 42.2 Å². The lowest BCUT2D eigenvalue weighted by molar-refractivity contribution is -0.145. The largest absolute Gasteiger partial charge is 0.480 e. The number of carbonyl (C=O) groups is 13. The monoisotopic (exact) mass is 1320 g/mol. The zero-order valence-corrected chi connectivity index (χ0v) is 52.5. The van der Waals surface area contributed by atoms with E-state index in [-0.39, 0.29) is 154 Å². The van der Waals surface area contributed by atoms with Gasteiger partial charge in [-0.25, -0.2) is 4.79 Å². The van der Waals surface area contributed by atoms with Crippen LogP contribution in [0.5, 0.6) is 0 Å². The lowest BCUT2D eigenvalue weighted by atomic mass is 9.78. The molecule has 0 aliphatic carbocycles. The van der Waals surface area contributed by atoms with E-state index in [1.165, 1.54) is 26.5 Å². The Morgan fingerprint density at radius 2 is 1.09 bits per heavy atom. The van der Waals surface area contributed by atoms with Crippen LogP contribution in [0.1, 0.15) is 113 Å². The molecule has 8 amide bonds. The molecule has 518 valence electrons. The van der Waals surface area contributed by atoms with Crippen molar-refractivity contribution in [2.24, 2.45) is 16.5 Å². The highest BCUT2D eigenvalue weighted by Gasteiger charge is 2.39. The van der Waals surface area contributed by atoms with Crippen molar-refractivity contribution in [2.75, 3.05) is 105 Å². The Morgan fingerprint density at radius 1 is 0.559 bits per heavy atom. The number of hydrogen-bond acceptors (Lipinski definition) is 20. The summed E-state index contributed by atoms with van der Waals surface area (Å²) in [5.41, 5.74) is 11.8. The Hall–Kier alpha value is -8.58. The van der Waals surface area contributed by atoms with Crippen LogP contribution in [-0.2, 0) is 64.1 Å². The summed E-state index contributed by atoms with van der Waals surface area (Å²) in [7, 11) is -1.68. The molecule has 5 atom stereocenters. The molecule has 93 heavy (non-hydrogen) atoms. The number of nitrogens with two attached hydrogens (primary N) is 2. The van der Waals surface area contributed by atoms with E-state index < -0.39 is 141 Å². The number of hydrogen-bond donors (Lipinski definition) is 16. The second-order valence-electron chi connectivity index (χ2n) is 22.7. The van der Waals surface area contributed by atoms with Crippen molar-refractivity contribution in [1.82, 2.24) is 61.7 Å². The van der Waals surface area contributed by atoms with Crippen LogP contribution in [0.3, 0.4) is 0 Å². The van der Waals surface area contributed by atoms with Gasteiger partial charge in [0, 0.05) is 116 Å².